The van der Waals surface area contributed by atoms with Crippen LogP contribution in [0.2, 0.25) is 0 Å². The number of thioether (sulfide) groups is 1. The molecular weight excluding hydrogens is 292 g/mol. The second kappa shape index (κ2) is 7.14. The largest absolute Gasteiger partial charge is 0.469 e. The topological polar surface area (TPSA) is 94.6 Å². The van der Waals surface area contributed by atoms with E-state index in [1.807, 2.05) is 18.2 Å². The molecule has 0 aliphatic carbocycles. The smallest absolute Gasteiger partial charge is 0.306 e. The number of hydrogen-bond acceptors (Lipinski definition) is 6. The van der Waals surface area contributed by atoms with Gasteiger partial charge >= 0.3 is 11.9 Å². The van der Waals surface area contributed by atoms with Crippen molar-refractivity contribution in [3.63, 3.8) is 0 Å². The molecule has 1 aromatic heterocycles. The Morgan fingerprint density at radius 3 is 2.86 bits per heavy atom. The number of fused-ring (bicyclic) bond motifs is 1. The molecule has 0 bridgehead atoms. The summed E-state index contributed by atoms with van der Waals surface area (Å²) in [5.74, 6) is 5.84. The first kappa shape index (κ1) is 15.4. The van der Waals surface area contributed by atoms with E-state index in [1.54, 1.807) is 6.07 Å². The van der Waals surface area contributed by atoms with Crippen LogP contribution >= 0.6 is 11.8 Å². The van der Waals surface area contributed by atoms with E-state index in [0.29, 0.717) is 23.5 Å². The summed E-state index contributed by atoms with van der Waals surface area (Å²) >= 11 is 1.53. The van der Waals surface area contributed by atoms with Crippen LogP contribution in [0.3, 0.4) is 0 Å². The molecule has 0 saturated heterocycles. The lowest BCUT2D eigenvalue weighted by Gasteiger charge is -2.02. The predicted octanol–water partition coefficient (Wildman–Crippen LogP) is 1.83. The highest BCUT2D eigenvalue weighted by Crippen LogP contribution is 2.29. The number of methoxy groups -OCH3 is 1. The second-order valence-electron chi connectivity index (χ2n) is 4.26. The van der Waals surface area contributed by atoms with Crippen LogP contribution in [0.4, 0.5) is 0 Å². The average Bonchev–Trinajstić information content (AvgIpc) is 2.89. The quantitative estimate of drug-likeness (QED) is 0.278. The van der Waals surface area contributed by atoms with Gasteiger partial charge in [-0.1, -0.05) is 18.2 Å². The highest BCUT2D eigenvalue weighted by Gasteiger charge is 2.19. The Bertz CT molecular complexity index is 653. The summed E-state index contributed by atoms with van der Waals surface area (Å²) in [6.07, 6.45) is 0.329. The fourth-order valence-corrected chi connectivity index (χ4v) is 2.87. The molecule has 6 nitrogen and oxygen atoms in total. The number of rotatable bonds is 6. The Morgan fingerprint density at radius 2 is 2.14 bits per heavy atom. The zero-order chi connectivity index (χ0) is 15.2. The van der Waals surface area contributed by atoms with Gasteiger partial charge in [0.2, 0.25) is 0 Å². The molecule has 0 unspecified atom stereocenters. The molecule has 1 aromatic carbocycles. The number of para-hydroxylation sites is 1. The van der Waals surface area contributed by atoms with E-state index in [-0.39, 0.29) is 11.7 Å². The van der Waals surface area contributed by atoms with Gasteiger partial charge in [0.15, 0.2) is 5.76 Å². The fourth-order valence-electron chi connectivity index (χ4n) is 1.92. The van der Waals surface area contributed by atoms with Crippen LogP contribution in [-0.2, 0) is 15.3 Å². The third kappa shape index (κ3) is 3.56. The molecule has 0 spiro atoms. The van der Waals surface area contributed by atoms with Gasteiger partial charge in [-0.2, -0.15) is 11.8 Å². The van der Waals surface area contributed by atoms with Gasteiger partial charge in [0.1, 0.15) is 5.58 Å². The maximum absolute atomic E-state index is 11.8. The number of nitrogens with two attached hydrogens (primary N) is 1. The standard InChI is InChI=1S/C14H16N2O4S/c1-19-12(17)6-7-21-8-10-9-4-2-3-5-11(9)20-13(10)14(18)16-15/h2-5H,6-8,15H2,1H3,(H,16,18). The molecule has 0 saturated carbocycles. The number of amides is 1. The van der Waals surface area contributed by atoms with E-state index in [0.717, 1.165) is 10.9 Å². The summed E-state index contributed by atoms with van der Waals surface area (Å²) in [7, 11) is 1.36. The summed E-state index contributed by atoms with van der Waals surface area (Å²) in [6, 6.07) is 7.41. The number of hydrogen-bond donors (Lipinski definition) is 2. The van der Waals surface area contributed by atoms with Gasteiger partial charge in [0.05, 0.1) is 13.5 Å². The molecule has 0 radical (unpaired) electrons. The normalized spacial score (nSPS) is 10.6. The molecule has 2 rings (SSSR count). The monoisotopic (exact) mass is 308 g/mol. The summed E-state index contributed by atoms with van der Waals surface area (Å²) in [6.45, 7) is 0. The van der Waals surface area contributed by atoms with E-state index in [4.69, 9.17) is 10.3 Å². The molecule has 3 N–H and O–H groups in total. The first-order valence-corrected chi connectivity index (χ1v) is 7.48. The van der Waals surface area contributed by atoms with Gasteiger partial charge in [-0.15, -0.1) is 0 Å². The van der Waals surface area contributed by atoms with Crippen molar-refractivity contribution < 1.29 is 18.7 Å². The summed E-state index contributed by atoms with van der Waals surface area (Å²) in [5, 5.41) is 0.877. The van der Waals surface area contributed by atoms with E-state index >= 15 is 0 Å². The Labute approximate surface area is 126 Å². The molecule has 21 heavy (non-hydrogen) atoms. The summed E-state index contributed by atoms with van der Waals surface area (Å²) in [4.78, 5) is 22.9. The van der Waals surface area contributed by atoms with E-state index < -0.39 is 5.91 Å². The summed E-state index contributed by atoms with van der Waals surface area (Å²) in [5.41, 5.74) is 3.50. The van der Waals surface area contributed by atoms with Gasteiger partial charge in [-0.25, -0.2) is 5.84 Å². The Kier molecular flexibility index (Phi) is 5.24. The number of benzene rings is 1. The molecule has 1 amide bonds. The zero-order valence-electron chi connectivity index (χ0n) is 11.5. The van der Waals surface area contributed by atoms with Gasteiger partial charge in [0.25, 0.3) is 0 Å². The van der Waals surface area contributed by atoms with Crippen LogP contribution < -0.4 is 11.3 Å². The fraction of sp³-hybridized carbons (Fsp3) is 0.286. The molecule has 0 aliphatic rings. The van der Waals surface area contributed by atoms with Crippen molar-refractivity contribution in [3.05, 3.63) is 35.6 Å². The number of ether oxygens (including phenoxy) is 1. The number of furan rings is 1. The minimum atomic E-state index is -0.463. The van der Waals surface area contributed by atoms with Gasteiger partial charge < -0.3 is 9.15 Å². The maximum atomic E-state index is 11.8. The zero-order valence-corrected chi connectivity index (χ0v) is 12.4. The van der Waals surface area contributed by atoms with Crippen molar-refractivity contribution in [1.29, 1.82) is 0 Å². The minimum Gasteiger partial charge on any atom is -0.469 e. The van der Waals surface area contributed by atoms with Crippen LogP contribution in [0.1, 0.15) is 22.5 Å². The number of carbonyl (C=O) groups is 2. The molecular formula is C14H16N2O4S. The molecule has 0 atom stereocenters. The molecule has 0 fully saturated rings. The predicted molar refractivity (Wildman–Crippen MR) is 80.7 cm³/mol. The van der Waals surface area contributed by atoms with Crippen LogP contribution in [0, 0.1) is 0 Å². The number of esters is 1. The first-order chi connectivity index (χ1) is 10.2. The van der Waals surface area contributed by atoms with Crippen molar-refractivity contribution in [3.8, 4) is 0 Å². The van der Waals surface area contributed by atoms with Crippen LogP contribution in [-0.4, -0.2) is 24.7 Å². The van der Waals surface area contributed by atoms with Gasteiger partial charge in [-0.05, 0) is 6.07 Å². The number of nitrogen functional groups attached to an aromatic ring is 1. The van der Waals surface area contributed by atoms with E-state index in [2.05, 4.69) is 10.2 Å². The second-order valence-corrected chi connectivity index (χ2v) is 5.36. The van der Waals surface area contributed by atoms with Crippen LogP contribution in [0.5, 0.6) is 0 Å². The lowest BCUT2D eigenvalue weighted by molar-refractivity contribution is -0.140. The number of carbonyl (C=O) groups excluding carboxylic acids is 2. The van der Waals surface area contributed by atoms with Gasteiger partial charge in [-0.3, -0.25) is 15.0 Å². The first-order valence-electron chi connectivity index (χ1n) is 6.33. The van der Waals surface area contributed by atoms with Crippen molar-refractivity contribution in [2.45, 2.75) is 12.2 Å². The van der Waals surface area contributed by atoms with Crippen molar-refractivity contribution in [1.82, 2.24) is 5.43 Å². The molecule has 112 valence electrons. The highest BCUT2D eigenvalue weighted by atomic mass is 32.2. The lowest BCUT2D eigenvalue weighted by Crippen LogP contribution is -2.30. The van der Waals surface area contributed by atoms with E-state index in [9.17, 15) is 9.59 Å². The minimum absolute atomic E-state index is 0.212. The lowest BCUT2D eigenvalue weighted by atomic mass is 10.1. The number of hydrazine groups is 1. The Morgan fingerprint density at radius 1 is 1.38 bits per heavy atom. The van der Waals surface area contributed by atoms with Gasteiger partial charge in [0, 0.05) is 22.5 Å². The molecule has 7 heteroatoms. The highest BCUT2D eigenvalue weighted by molar-refractivity contribution is 7.98. The number of nitrogens with one attached hydrogen (secondary N) is 1. The van der Waals surface area contributed by atoms with Crippen LogP contribution in [0.25, 0.3) is 11.0 Å². The molecule has 0 aliphatic heterocycles. The summed E-state index contributed by atoms with van der Waals surface area (Å²) < 4.78 is 10.1. The molecule has 1 heterocycles. The van der Waals surface area contributed by atoms with Crippen molar-refractivity contribution >= 4 is 34.6 Å². The van der Waals surface area contributed by atoms with Crippen LogP contribution in [0.15, 0.2) is 28.7 Å². The van der Waals surface area contributed by atoms with Crippen molar-refractivity contribution in [2.75, 3.05) is 12.9 Å². The molecule has 2 aromatic rings. The van der Waals surface area contributed by atoms with Crippen molar-refractivity contribution in [2.24, 2.45) is 5.84 Å². The third-order valence-electron chi connectivity index (χ3n) is 2.96. The Balaban J connectivity index is 2.16. The maximum Gasteiger partial charge on any atom is 0.306 e. The SMILES string of the molecule is COC(=O)CCSCc1c(C(=O)NN)oc2ccccc12. The average molecular weight is 308 g/mol. The van der Waals surface area contributed by atoms with E-state index in [1.165, 1.54) is 18.9 Å². The Hall–Kier alpha value is -1.99. The third-order valence-corrected chi connectivity index (χ3v) is 3.95.